The van der Waals surface area contributed by atoms with Gasteiger partial charge in [0.2, 0.25) is 0 Å². The number of benzene rings is 2. The molecule has 2 N–H and O–H groups in total. The lowest BCUT2D eigenvalue weighted by Crippen LogP contribution is -2.46. The van der Waals surface area contributed by atoms with Gasteiger partial charge in [-0.3, -0.25) is 40.5 Å². The fourth-order valence-corrected chi connectivity index (χ4v) is 3.44. The van der Waals surface area contributed by atoms with Crippen molar-refractivity contribution in [1.29, 1.82) is 0 Å². The van der Waals surface area contributed by atoms with Gasteiger partial charge in [0, 0.05) is 19.2 Å². The Balaban J connectivity index is 1.75. The molecule has 1 heterocycles. The minimum absolute atomic E-state index is 0.00729. The van der Waals surface area contributed by atoms with Crippen LogP contribution in [0.15, 0.2) is 36.4 Å². The third kappa shape index (κ3) is 5.30. The Labute approximate surface area is 190 Å². The quantitative estimate of drug-likeness (QED) is 0.392. The largest absolute Gasteiger partial charge is 0.372 e. The molecule has 0 unspecified atom stereocenters. The van der Waals surface area contributed by atoms with E-state index in [4.69, 9.17) is 9.47 Å². The second-order valence-corrected chi connectivity index (χ2v) is 7.13. The second kappa shape index (κ2) is 10.0. The second-order valence-electron chi connectivity index (χ2n) is 7.13. The highest BCUT2D eigenvalue weighted by molar-refractivity contribution is 5.66. The van der Waals surface area contributed by atoms with Crippen molar-refractivity contribution in [2.75, 3.05) is 17.7 Å². The Kier molecular flexibility index (Phi) is 7.12. The molecule has 3 atom stereocenters. The van der Waals surface area contributed by atoms with Crippen LogP contribution in [0.25, 0.3) is 0 Å². The molecule has 180 valence electrons. The zero-order chi connectivity index (χ0) is 25.0. The van der Waals surface area contributed by atoms with Crippen molar-refractivity contribution in [2.45, 2.75) is 31.4 Å². The predicted octanol–water partition coefficient (Wildman–Crippen LogP) is 3.32. The first kappa shape index (κ1) is 24.2. The summed E-state index contributed by atoms with van der Waals surface area (Å²) in [5.41, 5.74) is -1.84. The van der Waals surface area contributed by atoms with E-state index in [1.165, 1.54) is 19.2 Å². The average molecular weight is 478 g/mol. The van der Waals surface area contributed by atoms with Crippen molar-refractivity contribution in [1.82, 2.24) is 0 Å². The minimum Gasteiger partial charge on any atom is -0.372 e. The van der Waals surface area contributed by atoms with Crippen LogP contribution in [0.5, 0.6) is 0 Å². The standard InChI is InChI=1S/C18H18N6O10/c1-33-18-14(19-12-4-2-10(21(25)26)8-15(12)23(29)30)6-7-17(34-18)20-13-5-3-11(22(27)28)9-16(13)24(31)32/h2-5,8-9,14,17-20H,6-7H2,1H3/t14-,17-,18+/m0/s1. The molecule has 3 rings (SSSR count). The average Bonchev–Trinajstić information content (AvgIpc) is 2.79. The number of hydrogen-bond donors (Lipinski definition) is 2. The maximum Gasteiger partial charge on any atom is 0.299 e. The number of ether oxygens (including phenoxy) is 2. The lowest BCUT2D eigenvalue weighted by molar-refractivity contribution is -0.393. The van der Waals surface area contributed by atoms with Crippen molar-refractivity contribution >= 4 is 34.1 Å². The van der Waals surface area contributed by atoms with Crippen molar-refractivity contribution in [3.05, 3.63) is 76.9 Å². The summed E-state index contributed by atoms with van der Waals surface area (Å²) >= 11 is 0. The van der Waals surface area contributed by atoms with Crippen molar-refractivity contribution < 1.29 is 29.2 Å². The van der Waals surface area contributed by atoms with Gasteiger partial charge < -0.3 is 20.1 Å². The lowest BCUT2D eigenvalue weighted by atomic mass is 10.1. The SMILES string of the molecule is CO[C@@H]1O[C@H](Nc2ccc([N+](=O)[O-])cc2[N+](=O)[O-])CC[C@@H]1Nc1ccc([N+](=O)[O-])cc1[N+](=O)[O-]. The van der Waals surface area contributed by atoms with Crippen LogP contribution in [0.2, 0.25) is 0 Å². The summed E-state index contributed by atoms with van der Waals surface area (Å²) < 4.78 is 11.1. The summed E-state index contributed by atoms with van der Waals surface area (Å²) in [6.45, 7) is 0. The van der Waals surface area contributed by atoms with Gasteiger partial charge >= 0.3 is 0 Å². The molecule has 0 saturated carbocycles. The summed E-state index contributed by atoms with van der Waals surface area (Å²) in [4.78, 5) is 41.5. The number of methoxy groups -OCH3 is 1. The Morgan fingerprint density at radius 3 is 1.74 bits per heavy atom. The number of nitro groups is 4. The highest BCUT2D eigenvalue weighted by Crippen LogP contribution is 2.34. The zero-order valence-electron chi connectivity index (χ0n) is 17.5. The molecule has 16 nitrogen and oxygen atoms in total. The number of non-ortho nitro benzene ring substituents is 2. The lowest BCUT2D eigenvalue weighted by Gasteiger charge is -2.36. The van der Waals surface area contributed by atoms with Gasteiger partial charge in [0.15, 0.2) is 6.29 Å². The van der Waals surface area contributed by atoms with Crippen LogP contribution in [-0.4, -0.2) is 45.4 Å². The first-order chi connectivity index (χ1) is 16.1. The fourth-order valence-electron chi connectivity index (χ4n) is 3.44. The predicted molar refractivity (Wildman–Crippen MR) is 115 cm³/mol. The summed E-state index contributed by atoms with van der Waals surface area (Å²) in [6.07, 6.45) is -1.09. The van der Waals surface area contributed by atoms with Gasteiger partial charge in [-0.25, -0.2) is 0 Å². The van der Waals surface area contributed by atoms with E-state index in [0.717, 1.165) is 24.3 Å². The van der Waals surface area contributed by atoms with Crippen LogP contribution in [0, 0.1) is 40.5 Å². The molecule has 34 heavy (non-hydrogen) atoms. The van der Waals surface area contributed by atoms with E-state index in [-0.39, 0.29) is 17.8 Å². The number of nitrogens with zero attached hydrogens (tertiary/aromatic N) is 4. The smallest absolute Gasteiger partial charge is 0.299 e. The third-order valence-corrected chi connectivity index (χ3v) is 5.03. The highest BCUT2D eigenvalue weighted by atomic mass is 16.7. The van der Waals surface area contributed by atoms with Gasteiger partial charge in [0.25, 0.3) is 22.7 Å². The molecule has 1 aliphatic heterocycles. The number of rotatable bonds is 9. The summed E-state index contributed by atoms with van der Waals surface area (Å²) in [7, 11) is 1.33. The van der Waals surface area contributed by atoms with Gasteiger partial charge in [-0.2, -0.15) is 0 Å². The Morgan fingerprint density at radius 2 is 1.29 bits per heavy atom. The normalized spacial score (nSPS) is 19.7. The number of hydrogen-bond acceptors (Lipinski definition) is 12. The van der Waals surface area contributed by atoms with Crippen LogP contribution in [-0.2, 0) is 9.47 Å². The fraction of sp³-hybridized carbons (Fsp3) is 0.333. The highest BCUT2D eigenvalue weighted by Gasteiger charge is 2.34. The molecule has 0 aliphatic carbocycles. The minimum atomic E-state index is -0.946. The van der Waals surface area contributed by atoms with E-state index in [2.05, 4.69) is 10.6 Å². The number of nitrogens with one attached hydrogen (secondary N) is 2. The topological polar surface area (TPSA) is 215 Å². The van der Waals surface area contributed by atoms with E-state index < -0.39 is 61.0 Å². The van der Waals surface area contributed by atoms with Crippen LogP contribution >= 0.6 is 0 Å². The monoisotopic (exact) mass is 478 g/mol. The Hall–Kier alpha value is -4.44. The maximum absolute atomic E-state index is 11.4. The molecule has 0 spiro atoms. The first-order valence-electron chi connectivity index (χ1n) is 9.67. The molecule has 1 saturated heterocycles. The molecular weight excluding hydrogens is 460 g/mol. The number of anilines is 2. The molecule has 2 aromatic carbocycles. The molecule has 0 amide bonds. The number of nitro benzene ring substituents is 4. The van der Waals surface area contributed by atoms with E-state index >= 15 is 0 Å². The zero-order valence-corrected chi connectivity index (χ0v) is 17.5. The van der Waals surface area contributed by atoms with Crippen LogP contribution in [0.4, 0.5) is 34.1 Å². The molecule has 1 fully saturated rings. The summed E-state index contributed by atoms with van der Waals surface area (Å²) in [6, 6.07) is 5.74. The Bertz CT molecular complexity index is 1140. The van der Waals surface area contributed by atoms with Crippen molar-refractivity contribution in [3.63, 3.8) is 0 Å². The molecule has 16 heteroatoms. The van der Waals surface area contributed by atoms with Crippen LogP contribution in [0.1, 0.15) is 12.8 Å². The molecule has 1 aliphatic rings. The van der Waals surface area contributed by atoms with E-state index in [1.54, 1.807) is 0 Å². The van der Waals surface area contributed by atoms with Crippen molar-refractivity contribution in [2.24, 2.45) is 0 Å². The molecule has 0 radical (unpaired) electrons. The molecule has 0 bridgehead atoms. The van der Waals surface area contributed by atoms with E-state index in [0.29, 0.717) is 6.42 Å². The van der Waals surface area contributed by atoms with E-state index in [9.17, 15) is 40.5 Å². The van der Waals surface area contributed by atoms with Gasteiger partial charge in [-0.05, 0) is 25.0 Å². The van der Waals surface area contributed by atoms with Gasteiger partial charge in [-0.15, -0.1) is 0 Å². The maximum atomic E-state index is 11.4. The van der Waals surface area contributed by atoms with Crippen molar-refractivity contribution in [3.8, 4) is 0 Å². The van der Waals surface area contributed by atoms with Gasteiger partial charge in [0.1, 0.15) is 17.6 Å². The Morgan fingerprint density at radius 1 is 0.794 bits per heavy atom. The third-order valence-electron chi connectivity index (χ3n) is 5.03. The summed E-state index contributed by atoms with van der Waals surface area (Å²) in [5.74, 6) is 0. The van der Waals surface area contributed by atoms with Gasteiger partial charge in [-0.1, -0.05) is 0 Å². The molecule has 0 aromatic heterocycles. The van der Waals surface area contributed by atoms with Gasteiger partial charge in [0.05, 0.1) is 37.9 Å². The molecule has 2 aromatic rings. The summed E-state index contributed by atoms with van der Waals surface area (Å²) in [5, 5.41) is 50.3. The molecular formula is C18H18N6O10. The van der Waals surface area contributed by atoms with Crippen LogP contribution in [0.3, 0.4) is 0 Å². The first-order valence-corrected chi connectivity index (χ1v) is 9.67. The van der Waals surface area contributed by atoms with E-state index in [1.807, 2.05) is 0 Å². The van der Waals surface area contributed by atoms with Crippen LogP contribution < -0.4 is 10.6 Å².